The van der Waals surface area contributed by atoms with Gasteiger partial charge in [-0.05, 0) is 13.0 Å². The van der Waals surface area contributed by atoms with Crippen LogP contribution in [0.25, 0.3) is 0 Å². The number of thiazole rings is 1. The first kappa shape index (κ1) is 11.9. The average molecular weight is 279 g/mol. The summed E-state index contributed by atoms with van der Waals surface area (Å²) in [7, 11) is 0. The van der Waals surface area contributed by atoms with E-state index in [0.29, 0.717) is 22.2 Å². The first-order valence-electron chi connectivity index (χ1n) is 5.53. The lowest BCUT2D eigenvalue weighted by atomic mass is 10.2. The fraction of sp³-hybridized carbons (Fsp3) is 0.167. The van der Waals surface area contributed by atoms with Gasteiger partial charge in [0.25, 0.3) is 0 Å². The molecule has 2 heterocycles. The van der Waals surface area contributed by atoms with Gasteiger partial charge < -0.3 is 9.47 Å². The Morgan fingerprint density at radius 3 is 2.95 bits per heavy atom. The molecule has 2 aromatic rings. The van der Waals surface area contributed by atoms with Gasteiger partial charge in [0.15, 0.2) is 11.5 Å². The number of anilines is 1. The number of fused-ring (bicyclic) bond motifs is 1. The number of aryl methyl sites for hydroxylation is 1. The van der Waals surface area contributed by atoms with Gasteiger partial charge >= 0.3 is 0 Å². The SMILES string of the molecule is Cc1csc(NN=Cc2cc3c(cc2F)OCO3)n1. The third-order valence-corrected chi connectivity index (χ3v) is 3.34. The predicted octanol–water partition coefficient (Wildman–Crippen LogP) is 2.77. The molecule has 0 radical (unpaired) electrons. The van der Waals surface area contributed by atoms with E-state index >= 15 is 0 Å². The molecule has 0 unspecified atom stereocenters. The normalized spacial score (nSPS) is 13.2. The number of hydrogen-bond donors (Lipinski definition) is 1. The van der Waals surface area contributed by atoms with Crippen molar-refractivity contribution in [2.75, 3.05) is 12.2 Å². The Morgan fingerprint density at radius 2 is 2.21 bits per heavy atom. The zero-order valence-corrected chi connectivity index (χ0v) is 10.8. The minimum Gasteiger partial charge on any atom is -0.454 e. The van der Waals surface area contributed by atoms with Gasteiger partial charge in [0.1, 0.15) is 5.82 Å². The molecule has 0 saturated carbocycles. The Balaban J connectivity index is 1.76. The van der Waals surface area contributed by atoms with Crippen molar-refractivity contribution in [1.82, 2.24) is 4.98 Å². The molecule has 1 aromatic carbocycles. The Morgan fingerprint density at radius 1 is 1.42 bits per heavy atom. The van der Waals surface area contributed by atoms with Crippen LogP contribution in [-0.4, -0.2) is 18.0 Å². The van der Waals surface area contributed by atoms with E-state index in [1.807, 2.05) is 12.3 Å². The molecule has 5 nitrogen and oxygen atoms in total. The Kier molecular flexibility index (Phi) is 3.04. The number of nitrogens with zero attached hydrogens (tertiary/aromatic N) is 2. The van der Waals surface area contributed by atoms with Crippen LogP contribution in [0.4, 0.5) is 9.52 Å². The molecule has 1 N–H and O–H groups in total. The molecule has 0 bridgehead atoms. The van der Waals surface area contributed by atoms with Crippen molar-refractivity contribution in [1.29, 1.82) is 0 Å². The van der Waals surface area contributed by atoms with Gasteiger partial charge in [-0.3, -0.25) is 5.43 Å². The number of benzene rings is 1. The van der Waals surface area contributed by atoms with Crippen LogP contribution in [0.15, 0.2) is 22.6 Å². The molecular formula is C12H10FN3O2S. The van der Waals surface area contributed by atoms with E-state index in [-0.39, 0.29) is 6.79 Å². The van der Waals surface area contributed by atoms with Crippen molar-refractivity contribution >= 4 is 22.7 Å². The monoisotopic (exact) mass is 279 g/mol. The van der Waals surface area contributed by atoms with Crippen molar-refractivity contribution in [2.45, 2.75) is 6.92 Å². The zero-order chi connectivity index (χ0) is 13.2. The minimum absolute atomic E-state index is 0.117. The maximum absolute atomic E-state index is 13.7. The molecule has 7 heteroatoms. The topological polar surface area (TPSA) is 55.7 Å². The maximum Gasteiger partial charge on any atom is 0.231 e. The molecular weight excluding hydrogens is 269 g/mol. The molecule has 3 rings (SSSR count). The van der Waals surface area contributed by atoms with Crippen LogP contribution in [0.1, 0.15) is 11.3 Å². The van der Waals surface area contributed by atoms with Crippen LogP contribution in [0.3, 0.4) is 0 Å². The number of rotatable bonds is 3. The van der Waals surface area contributed by atoms with E-state index in [9.17, 15) is 4.39 Å². The van der Waals surface area contributed by atoms with Crippen LogP contribution < -0.4 is 14.9 Å². The third kappa shape index (κ3) is 2.50. The van der Waals surface area contributed by atoms with Gasteiger partial charge in [-0.15, -0.1) is 11.3 Å². The number of aromatic nitrogens is 1. The molecule has 0 amide bonds. The van der Waals surface area contributed by atoms with Crippen LogP contribution in [0, 0.1) is 12.7 Å². The van der Waals surface area contributed by atoms with E-state index < -0.39 is 5.82 Å². The zero-order valence-electron chi connectivity index (χ0n) is 10.0. The van der Waals surface area contributed by atoms with Gasteiger partial charge in [0, 0.05) is 17.0 Å². The number of hydrogen-bond acceptors (Lipinski definition) is 6. The Hall–Kier alpha value is -2.15. The van der Waals surface area contributed by atoms with Crippen molar-refractivity contribution in [3.63, 3.8) is 0 Å². The molecule has 0 atom stereocenters. The first-order chi connectivity index (χ1) is 9.22. The lowest BCUT2D eigenvalue weighted by Gasteiger charge is -2.00. The second-order valence-corrected chi connectivity index (χ2v) is 4.75. The molecule has 19 heavy (non-hydrogen) atoms. The molecule has 98 valence electrons. The van der Waals surface area contributed by atoms with Gasteiger partial charge in [0.05, 0.1) is 11.9 Å². The fourth-order valence-electron chi connectivity index (χ4n) is 1.59. The smallest absolute Gasteiger partial charge is 0.231 e. The Bertz CT molecular complexity index is 642. The van der Waals surface area contributed by atoms with Crippen molar-refractivity contribution in [3.05, 3.63) is 34.6 Å². The minimum atomic E-state index is -0.412. The summed E-state index contributed by atoms with van der Waals surface area (Å²) in [5.74, 6) is 0.524. The lowest BCUT2D eigenvalue weighted by molar-refractivity contribution is 0.174. The second-order valence-electron chi connectivity index (χ2n) is 3.89. The predicted molar refractivity (Wildman–Crippen MR) is 70.6 cm³/mol. The average Bonchev–Trinajstić information content (AvgIpc) is 2.98. The third-order valence-electron chi connectivity index (χ3n) is 2.47. The van der Waals surface area contributed by atoms with Gasteiger partial charge in [-0.1, -0.05) is 0 Å². The fourth-order valence-corrected chi connectivity index (χ4v) is 2.23. The van der Waals surface area contributed by atoms with E-state index in [0.717, 1.165) is 5.69 Å². The number of nitrogens with one attached hydrogen (secondary N) is 1. The molecule has 0 spiro atoms. The number of hydrazone groups is 1. The Labute approximate surface area is 112 Å². The lowest BCUT2D eigenvalue weighted by Crippen LogP contribution is -1.93. The highest BCUT2D eigenvalue weighted by Gasteiger charge is 2.16. The van der Waals surface area contributed by atoms with Crippen molar-refractivity contribution in [3.8, 4) is 11.5 Å². The van der Waals surface area contributed by atoms with Crippen LogP contribution in [0.5, 0.6) is 11.5 Å². The van der Waals surface area contributed by atoms with E-state index in [4.69, 9.17) is 9.47 Å². The molecule has 0 aliphatic carbocycles. The quantitative estimate of drug-likeness (QED) is 0.693. The van der Waals surface area contributed by atoms with E-state index in [1.165, 1.54) is 23.6 Å². The second kappa shape index (κ2) is 4.85. The van der Waals surface area contributed by atoms with Crippen molar-refractivity contribution in [2.24, 2.45) is 5.10 Å². The maximum atomic E-state index is 13.7. The summed E-state index contributed by atoms with van der Waals surface area (Å²) in [4.78, 5) is 4.18. The summed E-state index contributed by atoms with van der Waals surface area (Å²) < 4.78 is 24.0. The van der Waals surface area contributed by atoms with Crippen LogP contribution in [-0.2, 0) is 0 Å². The largest absolute Gasteiger partial charge is 0.454 e. The standard InChI is InChI=1S/C12H10FN3O2S/c1-7-5-19-12(15-7)16-14-4-8-2-10-11(3-9(8)13)18-6-17-10/h2-5H,6H2,1H3,(H,15,16). The van der Waals surface area contributed by atoms with E-state index in [2.05, 4.69) is 15.5 Å². The van der Waals surface area contributed by atoms with Crippen molar-refractivity contribution < 1.29 is 13.9 Å². The summed E-state index contributed by atoms with van der Waals surface area (Å²) in [5, 5.41) is 6.51. The number of ether oxygens (including phenoxy) is 2. The van der Waals surface area contributed by atoms with Gasteiger partial charge in [0.2, 0.25) is 11.9 Å². The molecule has 0 saturated heterocycles. The highest BCUT2D eigenvalue weighted by atomic mass is 32.1. The molecule has 1 aromatic heterocycles. The van der Waals surface area contributed by atoms with Gasteiger partial charge in [-0.2, -0.15) is 5.10 Å². The summed E-state index contributed by atoms with van der Waals surface area (Å²) >= 11 is 1.43. The highest BCUT2D eigenvalue weighted by molar-refractivity contribution is 7.13. The molecule has 1 aliphatic rings. The summed E-state index contributed by atoms with van der Waals surface area (Å²) in [6.45, 7) is 2.01. The van der Waals surface area contributed by atoms with Gasteiger partial charge in [-0.25, -0.2) is 9.37 Å². The van der Waals surface area contributed by atoms with E-state index in [1.54, 1.807) is 6.07 Å². The molecule has 0 fully saturated rings. The van der Waals surface area contributed by atoms with Crippen LogP contribution >= 0.6 is 11.3 Å². The highest BCUT2D eigenvalue weighted by Crippen LogP contribution is 2.33. The first-order valence-corrected chi connectivity index (χ1v) is 6.41. The summed E-state index contributed by atoms with van der Waals surface area (Å²) in [5.41, 5.74) is 3.98. The molecule has 1 aliphatic heterocycles. The summed E-state index contributed by atoms with van der Waals surface area (Å²) in [6, 6.07) is 2.84. The summed E-state index contributed by atoms with van der Waals surface area (Å²) in [6.07, 6.45) is 1.38. The number of halogens is 1. The van der Waals surface area contributed by atoms with Crippen LogP contribution in [0.2, 0.25) is 0 Å².